The molecule has 1 saturated carbocycles. The van der Waals surface area contributed by atoms with E-state index < -0.39 is 0 Å². The van der Waals surface area contributed by atoms with Crippen molar-refractivity contribution >= 4 is 16.7 Å². The number of ketones is 1. The van der Waals surface area contributed by atoms with Crippen LogP contribution in [-0.4, -0.2) is 70.5 Å². The minimum Gasteiger partial charge on any atom is -0.304 e. The van der Waals surface area contributed by atoms with Gasteiger partial charge in [0.15, 0.2) is 0 Å². The zero-order valence-corrected chi connectivity index (χ0v) is 19.8. The van der Waals surface area contributed by atoms with Crippen molar-refractivity contribution in [2.75, 3.05) is 39.8 Å². The van der Waals surface area contributed by atoms with E-state index in [1.54, 1.807) is 6.20 Å². The Morgan fingerprint density at radius 3 is 2.53 bits per heavy atom. The second-order valence-electron chi connectivity index (χ2n) is 9.97. The summed E-state index contributed by atoms with van der Waals surface area (Å²) in [6.45, 7) is 5.80. The first-order valence-corrected chi connectivity index (χ1v) is 12.3. The van der Waals surface area contributed by atoms with Gasteiger partial charge in [-0.25, -0.2) is 4.39 Å². The van der Waals surface area contributed by atoms with Crippen LogP contribution in [0, 0.1) is 17.7 Å². The Hall–Kier alpha value is -2.77. The average molecular weight is 462 g/mol. The Kier molecular flexibility index (Phi) is 6.92. The van der Waals surface area contributed by atoms with Crippen LogP contribution >= 0.6 is 0 Å². The maximum Gasteiger partial charge on any atom is 0.142 e. The Labute approximate surface area is 200 Å². The van der Waals surface area contributed by atoms with E-state index in [9.17, 15) is 9.18 Å². The number of hydrogen-bond acceptors (Lipinski definition) is 6. The molecule has 2 aliphatic rings. The number of hydrogen-bond donors (Lipinski definition) is 0. The molecule has 2 aromatic heterocycles. The smallest absolute Gasteiger partial charge is 0.142 e. The number of pyridine rings is 1. The van der Waals surface area contributed by atoms with E-state index in [1.807, 2.05) is 24.3 Å². The molecule has 2 fully saturated rings. The SMILES string of the molecule is CN1CCN(CC2CCC(C(=O)Cc3cc4cc(-c5cncc(F)c5)ccc4nn3)CC2)CC1. The van der Waals surface area contributed by atoms with Gasteiger partial charge in [-0.1, -0.05) is 6.07 Å². The summed E-state index contributed by atoms with van der Waals surface area (Å²) >= 11 is 0. The van der Waals surface area contributed by atoms with Gasteiger partial charge in [-0.2, -0.15) is 10.2 Å². The normalized spacial score (nSPS) is 22.2. The van der Waals surface area contributed by atoms with Gasteiger partial charge < -0.3 is 9.80 Å². The molecule has 0 spiro atoms. The Morgan fingerprint density at radius 2 is 1.76 bits per heavy atom. The molecule has 3 aromatic rings. The Bertz CT molecular complexity index is 1150. The number of carbonyl (C=O) groups is 1. The molecular weight excluding hydrogens is 429 g/mol. The summed E-state index contributed by atoms with van der Waals surface area (Å²) in [5, 5.41) is 9.51. The molecule has 0 N–H and O–H groups in total. The van der Waals surface area contributed by atoms with Crippen molar-refractivity contribution in [2.24, 2.45) is 11.8 Å². The quantitative estimate of drug-likeness (QED) is 0.553. The monoisotopic (exact) mass is 461 g/mol. The highest BCUT2D eigenvalue weighted by Crippen LogP contribution is 2.31. The maximum atomic E-state index is 13.6. The van der Waals surface area contributed by atoms with E-state index in [0.717, 1.165) is 68.3 Å². The number of carbonyl (C=O) groups excluding carboxylic acids is 1. The van der Waals surface area contributed by atoms with Crippen LogP contribution < -0.4 is 0 Å². The molecule has 0 radical (unpaired) electrons. The molecule has 5 rings (SSSR count). The van der Waals surface area contributed by atoms with E-state index in [1.165, 1.54) is 18.8 Å². The number of benzene rings is 1. The van der Waals surface area contributed by atoms with Gasteiger partial charge in [0, 0.05) is 55.8 Å². The molecule has 1 saturated heterocycles. The van der Waals surface area contributed by atoms with E-state index >= 15 is 0 Å². The Balaban J connectivity index is 1.19. The standard InChI is InChI=1S/C27H32FN5O/c1-32-8-10-33(11-9-32)18-19-2-4-20(5-3-19)27(34)15-25-14-22-12-21(6-7-26(22)31-30-25)23-13-24(28)17-29-16-23/h6-7,12-14,16-17,19-20H,2-5,8-11,15,18H2,1H3. The number of halogens is 1. The lowest BCUT2D eigenvalue weighted by atomic mass is 9.79. The van der Waals surface area contributed by atoms with Crippen molar-refractivity contribution in [2.45, 2.75) is 32.1 Å². The van der Waals surface area contributed by atoms with Gasteiger partial charge in [0.25, 0.3) is 0 Å². The van der Waals surface area contributed by atoms with E-state index in [2.05, 4.69) is 32.0 Å². The molecule has 0 unspecified atom stereocenters. The van der Waals surface area contributed by atoms with Crippen LogP contribution in [0.15, 0.2) is 42.7 Å². The second-order valence-corrected chi connectivity index (χ2v) is 9.97. The van der Waals surface area contributed by atoms with Crippen LogP contribution in [-0.2, 0) is 11.2 Å². The predicted molar refractivity (Wildman–Crippen MR) is 131 cm³/mol. The lowest BCUT2D eigenvalue weighted by Gasteiger charge is -2.36. The zero-order valence-electron chi connectivity index (χ0n) is 19.8. The number of nitrogens with zero attached hydrogens (tertiary/aromatic N) is 5. The molecule has 1 aliphatic carbocycles. The Morgan fingerprint density at radius 1 is 0.971 bits per heavy atom. The summed E-state index contributed by atoms with van der Waals surface area (Å²) in [6, 6.07) is 9.12. The minimum atomic E-state index is -0.366. The summed E-state index contributed by atoms with van der Waals surface area (Å²) in [6.07, 6.45) is 7.39. The maximum absolute atomic E-state index is 13.6. The molecule has 0 bridgehead atoms. The van der Waals surface area contributed by atoms with Crippen LogP contribution in [0.2, 0.25) is 0 Å². The van der Waals surface area contributed by atoms with Gasteiger partial charge in [0.05, 0.1) is 23.8 Å². The molecule has 178 valence electrons. The largest absolute Gasteiger partial charge is 0.304 e. The highest BCUT2D eigenvalue weighted by atomic mass is 19.1. The summed E-state index contributed by atoms with van der Waals surface area (Å²) in [7, 11) is 2.19. The molecular formula is C27H32FN5O. The van der Waals surface area contributed by atoms with Crippen molar-refractivity contribution in [3.8, 4) is 11.1 Å². The zero-order chi connectivity index (χ0) is 23.5. The first-order chi connectivity index (χ1) is 16.5. The van der Waals surface area contributed by atoms with Gasteiger partial charge in [-0.15, -0.1) is 0 Å². The molecule has 3 heterocycles. The second kappa shape index (κ2) is 10.2. The van der Waals surface area contributed by atoms with Crippen LogP contribution in [0.5, 0.6) is 0 Å². The molecule has 7 heteroatoms. The van der Waals surface area contributed by atoms with Gasteiger partial charge in [-0.05, 0) is 68.5 Å². The topological polar surface area (TPSA) is 62.2 Å². The number of piperazine rings is 1. The van der Waals surface area contributed by atoms with Crippen molar-refractivity contribution in [3.63, 3.8) is 0 Å². The van der Waals surface area contributed by atoms with E-state index in [0.29, 0.717) is 23.6 Å². The van der Waals surface area contributed by atoms with Gasteiger partial charge in [0.1, 0.15) is 11.6 Å². The number of aromatic nitrogens is 3. The third-order valence-corrected chi connectivity index (χ3v) is 7.44. The minimum absolute atomic E-state index is 0.130. The number of likely N-dealkylation sites (N-methyl/N-ethyl adjacent to an activating group) is 1. The highest BCUT2D eigenvalue weighted by Gasteiger charge is 2.28. The summed E-state index contributed by atoms with van der Waals surface area (Å²) in [5.41, 5.74) is 3.04. The predicted octanol–water partition coefficient (Wildman–Crippen LogP) is 4.00. The van der Waals surface area contributed by atoms with Gasteiger partial charge in [-0.3, -0.25) is 9.78 Å². The van der Waals surface area contributed by atoms with Crippen LogP contribution in [0.3, 0.4) is 0 Å². The summed E-state index contributed by atoms with van der Waals surface area (Å²) in [5.74, 6) is 0.752. The third-order valence-electron chi connectivity index (χ3n) is 7.44. The van der Waals surface area contributed by atoms with E-state index in [4.69, 9.17) is 0 Å². The lowest BCUT2D eigenvalue weighted by molar-refractivity contribution is -0.123. The highest BCUT2D eigenvalue weighted by molar-refractivity contribution is 5.86. The molecule has 1 aliphatic heterocycles. The number of Topliss-reactive ketones (excluding diaryl/α,β-unsaturated/α-hetero) is 1. The van der Waals surface area contributed by atoms with Crippen LogP contribution in [0.25, 0.3) is 22.0 Å². The number of rotatable bonds is 6. The van der Waals surface area contributed by atoms with Crippen LogP contribution in [0.4, 0.5) is 4.39 Å². The summed E-state index contributed by atoms with van der Waals surface area (Å²) in [4.78, 5) is 21.9. The molecule has 0 amide bonds. The molecule has 0 atom stereocenters. The van der Waals surface area contributed by atoms with Gasteiger partial charge in [0.2, 0.25) is 0 Å². The molecule has 34 heavy (non-hydrogen) atoms. The van der Waals surface area contributed by atoms with Gasteiger partial charge >= 0.3 is 0 Å². The summed E-state index contributed by atoms with van der Waals surface area (Å²) < 4.78 is 13.6. The third kappa shape index (κ3) is 5.47. The molecule has 6 nitrogen and oxygen atoms in total. The van der Waals surface area contributed by atoms with Crippen molar-refractivity contribution in [1.29, 1.82) is 0 Å². The van der Waals surface area contributed by atoms with Crippen molar-refractivity contribution in [1.82, 2.24) is 25.0 Å². The first kappa shape index (κ1) is 23.0. The average Bonchev–Trinajstić information content (AvgIpc) is 2.85. The van der Waals surface area contributed by atoms with E-state index in [-0.39, 0.29) is 17.5 Å². The fourth-order valence-corrected chi connectivity index (χ4v) is 5.31. The fraction of sp³-hybridized carbons (Fsp3) is 0.481. The fourth-order valence-electron chi connectivity index (χ4n) is 5.31. The van der Waals surface area contributed by atoms with Crippen LogP contribution in [0.1, 0.15) is 31.4 Å². The molecule has 1 aromatic carbocycles. The number of fused-ring (bicyclic) bond motifs is 1. The first-order valence-electron chi connectivity index (χ1n) is 12.3. The van der Waals surface area contributed by atoms with Crippen molar-refractivity contribution in [3.05, 3.63) is 54.2 Å². The lowest BCUT2D eigenvalue weighted by Crippen LogP contribution is -2.46. The van der Waals surface area contributed by atoms with Crippen molar-refractivity contribution < 1.29 is 9.18 Å².